The Morgan fingerprint density at radius 1 is 1.18 bits per heavy atom. The Labute approximate surface area is 211 Å². The van der Waals surface area contributed by atoms with Gasteiger partial charge in [0.05, 0.1) is 10.7 Å². The van der Waals surface area contributed by atoms with Gasteiger partial charge in [-0.1, -0.05) is 41.4 Å². The Balaban J connectivity index is 0.000000636. The number of aromatic nitrogens is 1. The van der Waals surface area contributed by atoms with Crippen molar-refractivity contribution >= 4 is 52.3 Å². The third-order valence-electron chi connectivity index (χ3n) is 5.41. The number of aliphatic carboxylic acids is 1. The molecule has 1 aromatic heterocycles. The average Bonchev–Trinajstić information content (AvgIpc) is 3.35. The zero-order valence-corrected chi connectivity index (χ0v) is 21.0. The molecule has 0 aliphatic carbocycles. The molecule has 5 rings (SSSR count). The summed E-state index contributed by atoms with van der Waals surface area (Å²) in [6.45, 7) is 4.64. The van der Waals surface area contributed by atoms with E-state index in [-0.39, 0.29) is 0 Å². The molecule has 0 amide bonds. The summed E-state index contributed by atoms with van der Waals surface area (Å²) in [5, 5.41) is 11.6. The van der Waals surface area contributed by atoms with E-state index < -0.39 is 11.5 Å². The van der Waals surface area contributed by atoms with Gasteiger partial charge in [0, 0.05) is 35.4 Å². The van der Waals surface area contributed by atoms with E-state index in [9.17, 15) is 0 Å². The highest BCUT2D eigenvalue weighted by Crippen LogP contribution is 2.43. The molecule has 0 bridgehead atoms. The number of carbonyl (C=O) groups is 1. The fraction of sp³-hybridized carbons (Fsp3) is 0.250. The molecule has 1 atom stereocenters. The Hall–Kier alpha value is -2.94. The first-order valence-corrected chi connectivity index (χ1v) is 12.2. The van der Waals surface area contributed by atoms with Crippen molar-refractivity contribution in [3.63, 3.8) is 0 Å². The fourth-order valence-electron chi connectivity index (χ4n) is 4.11. The minimum Gasteiger partial charge on any atom is -0.481 e. The van der Waals surface area contributed by atoms with E-state index in [0.29, 0.717) is 16.0 Å². The molecule has 0 saturated carbocycles. The monoisotopic (exact) mass is 515 g/mol. The van der Waals surface area contributed by atoms with Crippen molar-refractivity contribution < 1.29 is 9.90 Å². The lowest BCUT2D eigenvalue weighted by Crippen LogP contribution is -2.46. The number of hydrogen-bond acceptors (Lipinski definition) is 7. The number of aliphatic imine (C=N–C) groups is 2. The Morgan fingerprint density at radius 3 is 2.53 bits per heavy atom. The zero-order valence-electron chi connectivity index (χ0n) is 18.6. The lowest BCUT2D eigenvalue weighted by molar-refractivity contribution is -0.134. The van der Waals surface area contributed by atoms with Gasteiger partial charge in [0.25, 0.3) is 5.97 Å². The summed E-state index contributed by atoms with van der Waals surface area (Å²) < 4.78 is 0. The molecule has 2 aliphatic rings. The summed E-state index contributed by atoms with van der Waals surface area (Å²) in [6.07, 6.45) is 0.951. The van der Waals surface area contributed by atoms with Gasteiger partial charge < -0.3 is 10.8 Å². The maximum Gasteiger partial charge on any atom is 0.300 e. The fourth-order valence-corrected chi connectivity index (χ4v) is 5.29. The molecule has 3 aromatic rings. The maximum absolute atomic E-state index is 9.00. The number of fused-ring (bicyclic) bond motifs is 1. The first kappa shape index (κ1) is 24.2. The molecule has 7 nitrogen and oxygen atoms in total. The van der Waals surface area contributed by atoms with E-state index in [0.717, 1.165) is 59.7 Å². The van der Waals surface area contributed by atoms with Crippen LogP contribution >= 0.6 is 34.5 Å². The number of carboxylic acid groups (broad SMARTS) is 1. The molecule has 2 aliphatic heterocycles. The summed E-state index contributed by atoms with van der Waals surface area (Å²) in [7, 11) is 0. The largest absolute Gasteiger partial charge is 0.481 e. The van der Waals surface area contributed by atoms with Crippen LogP contribution in [0.25, 0.3) is 11.1 Å². The van der Waals surface area contributed by atoms with Crippen LogP contribution in [0.3, 0.4) is 0 Å². The first-order chi connectivity index (χ1) is 16.2. The van der Waals surface area contributed by atoms with E-state index in [4.69, 9.17) is 53.8 Å². The van der Waals surface area contributed by atoms with Crippen LogP contribution < -0.4 is 5.73 Å². The van der Waals surface area contributed by atoms with Crippen LogP contribution in [0.2, 0.25) is 10.0 Å². The van der Waals surface area contributed by atoms with Crippen molar-refractivity contribution in [2.75, 3.05) is 13.1 Å². The lowest BCUT2D eigenvalue weighted by Gasteiger charge is -2.31. The van der Waals surface area contributed by atoms with Crippen molar-refractivity contribution in [3.8, 4) is 11.1 Å². The van der Waals surface area contributed by atoms with Crippen LogP contribution in [0.15, 0.2) is 57.8 Å². The number of thiazole rings is 1. The quantitative estimate of drug-likeness (QED) is 0.499. The topological polar surface area (TPSA) is 104 Å². The number of nitrogens with two attached hydrogens (primary N) is 1. The van der Waals surface area contributed by atoms with E-state index in [1.165, 1.54) is 0 Å². The molecule has 0 fully saturated rings. The molecule has 0 radical (unpaired) electrons. The molecule has 176 valence electrons. The molecule has 3 heterocycles. The minimum absolute atomic E-state index is 0.482. The summed E-state index contributed by atoms with van der Waals surface area (Å²) in [5.41, 5.74) is 9.26. The summed E-state index contributed by atoms with van der Waals surface area (Å²) in [5.74, 6) is 0.494. The normalized spacial score (nSPS) is 19.0. The van der Waals surface area contributed by atoms with Crippen LogP contribution in [-0.2, 0) is 10.3 Å². The van der Waals surface area contributed by atoms with Crippen LogP contribution in [0, 0.1) is 6.92 Å². The van der Waals surface area contributed by atoms with Crippen molar-refractivity contribution in [1.82, 2.24) is 9.88 Å². The van der Waals surface area contributed by atoms with Gasteiger partial charge in [-0.3, -0.25) is 14.7 Å². The second-order valence-corrected chi connectivity index (χ2v) is 9.84. The first-order valence-electron chi connectivity index (χ1n) is 10.6. The molecular weight excluding hydrogens is 493 g/mol. The van der Waals surface area contributed by atoms with Gasteiger partial charge in [0.1, 0.15) is 5.84 Å². The van der Waals surface area contributed by atoms with Crippen molar-refractivity contribution in [2.45, 2.75) is 25.8 Å². The van der Waals surface area contributed by atoms with Crippen LogP contribution in [0.1, 0.15) is 29.6 Å². The van der Waals surface area contributed by atoms with E-state index >= 15 is 0 Å². The number of halogens is 2. The molecule has 3 N–H and O–H groups in total. The second-order valence-electron chi connectivity index (χ2n) is 7.90. The summed E-state index contributed by atoms with van der Waals surface area (Å²) in [6, 6.07) is 13.8. The lowest BCUT2D eigenvalue weighted by atomic mass is 9.84. The number of nitrogens with zero attached hydrogens (tertiary/aromatic N) is 4. The van der Waals surface area contributed by atoms with Gasteiger partial charge in [-0.25, -0.2) is 9.98 Å². The maximum atomic E-state index is 9.00. The number of aryl methyl sites for hydroxylation is 1. The highest BCUT2D eigenvalue weighted by atomic mass is 35.5. The third-order valence-corrected chi connectivity index (χ3v) is 6.62. The molecule has 34 heavy (non-hydrogen) atoms. The zero-order chi connectivity index (χ0) is 24.5. The summed E-state index contributed by atoms with van der Waals surface area (Å²) in [4.78, 5) is 25.6. The van der Waals surface area contributed by atoms with E-state index in [1.807, 2.05) is 36.1 Å². The van der Waals surface area contributed by atoms with Crippen LogP contribution in [0.5, 0.6) is 0 Å². The molecule has 1 unspecified atom stereocenters. The van der Waals surface area contributed by atoms with Gasteiger partial charge in [-0.2, -0.15) is 0 Å². The highest BCUT2D eigenvalue weighted by molar-refractivity contribution is 7.09. The SMILES string of the molecule is CC(=O)O.Cc1nc(C2(c3cccc(-c4cc(Cl)cc(Cl)c4)c3)N=C(N)N3CCCN=C32)cs1. The third kappa shape index (κ3) is 4.66. The summed E-state index contributed by atoms with van der Waals surface area (Å²) >= 11 is 14.1. The number of guanidine groups is 1. The van der Waals surface area contributed by atoms with Crippen LogP contribution in [-0.4, -0.2) is 45.8 Å². The smallest absolute Gasteiger partial charge is 0.300 e. The van der Waals surface area contributed by atoms with Gasteiger partial charge in [-0.15, -0.1) is 11.3 Å². The molecule has 2 aromatic carbocycles. The Bertz CT molecular complexity index is 1280. The van der Waals surface area contributed by atoms with Crippen molar-refractivity contribution in [2.24, 2.45) is 15.7 Å². The van der Waals surface area contributed by atoms with E-state index in [1.54, 1.807) is 17.4 Å². The number of carboxylic acids is 1. The standard InChI is InChI=1S/C22H19Cl2N5S.C2H4O2/c1-13-27-19(12-30-13)22(20-26-6-3-7-29(20)21(25)28-22)16-5-2-4-14(8-16)15-9-17(23)11-18(24)10-15;1-2(3)4/h2,4-5,8-12H,3,6-7H2,1H3,(H2,25,28);1H3,(H,3,4). The van der Waals surface area contributed by atoms with Crippen LogP contribution in [0.4, 0.5) is 0 Å². The van der Waals surface area contributed by atoms with Gasteiger partial charge in [-0.05, 0) is 54.3 Å². The number of hydrogen-bond donors (Lipinski definition) is 2. The number of rotatable bonds is 3. The Kier molecular flexibility index (Phi) is 6.93. The second kappa shape index (κ2) is 9.74. The van der Waals surface area contributed by atoms with Crippen molar-refractivity contribution in [1.29, 1.82) is 0 Å². The van der Waals surface area contributed by atoms with Gasteiger partial charge in [0.2, 0.25) is 0 Å². The Morgan fingerprint density at radius 2 is 1.88 bits per heavy atom. The molecular formula is C24H23Cl2N5O2S. The van der Waals surface area contributed by atoms with Crippen molar-refractivity contribution in [3.05, 3.63) is 74.2 Å². The number of amidine groups is 1. The van der Waals surface area contributed by atoms with E-state index in [2.05, 4.69) is 17.5 Å². The molecule has 10 heteroatoms. The predicted molar refractivity (Wildman–Crippen MR) is 138 cm³/mol. The predicted octanol–water partition coefficient (Wildman–Crippen LogP) is 5.19. The molecule has 0 saturated heterocycles. The highest BCUT2D eigenvalue weighted by Gasteiger charge is 2.50. The minimum atomic E-state index is -0.854. The molecule has 0 spiro atoms. The van der Waals surface area contributed by atoms with Gasteiger partial charge >= 0.3 is 0 Å². The number of benzene rings is 2. The van der Waals surface area contributed by atoms with Gasteiger partial charge in [0.15, 0.2) is 11.5 Å². The average molecular weight is 516 g/mol.